The van der Waals surface area contributed by atoms with Crippen LogP contribution in [0.1, 0.15) is 6.92 Å². The molecule has 2 amide bonds. The number of hydrogen-bond acceptors (Lipinski definition) is 4. The molecule has 0 aliphatic heterocycles. The number of hydrogen-bond donors (Lipinski definition) is 2. The van der Waals surface area contributed by atoms with Crippen LogP contribution in [0.4, 0.5) is 11.4 Å². The van der Waals surface area contributed by atoms with Gasteiger partial charge in [-0.1, -0.05) is 30.3 Å². The van der Waals surface area contributed by atoms with Crippen LogP contribution in [-0.4, -0.2) is 18.4 Å². The van der Waals surface area contributed by atoms with Crippen LogP contribution < -0.4 is 20.1 Å². The van der Waals surface area contributed by atoms with E-state index in [0.717, 1.165) is 0 Å². The van der Waals surface area contributed by atoms with Crippen molar-refractivity contribution in [2.45, 2.75) is 6.92 Å². The SMILES string of the molecule is CCOc1ccc(NC(=O)C(=O)Nc2ccccc2Oc2ccccc2)cc1. The maximum absolute atomic E-state index is 12.3. The molecule has 0 aliphatic rings. The van der Waals surface area contributed by atoms with Gasteiger partial charge in [0.2, 0.25) is 0 Å². The molecule has 0 saturated heterocycles. The first-order valence-corrected chi connectivity index (χ1v) is 8.83. The minimum atomic E-state index is -0.794. The maximum Gasteiger partial charge on any atom is 0.314 e. The molecule has 0 aromatic heterocycles. The Morgan fingerprint density at radius 2 is 1.39 bits per heavy atom. The van der Waals surface area contributed by atoms with Crippen LogP contribution in [-0.2, 0) is 9.59 Å². The Morgan fingerprint density at radius 3 is 2.11 bits per heavy atom. The molecule has 6 nitrogen and oxygen atoms in total. The van der Waals surface area contributed by atoms with Crippen molar-refractivity contribution in [3.05, 3.63) is 78.9 Å². The number of carbonyl (C=O) groups excluding carboxylic acids is 2. The fourth-order valence-corrected chi connectivity index (χ4v) is 2.44. The van der Waals surface area contributed by atoms with E-state index in [2.05, 4.69) is 10.6 Å². The van der Waals surface area contributed by atoms with Crippen molar-refractivity contribution in [1.82, 2.24) is 0 Å². The van der Waals surface area contributed by atoms with E-state index in [1.54, 1.807) is 60.7 Å². The number of carbonyl (C=O) groups is 2. The summed E-state index contributed by atoms with van der Waals surface area (Å²) in [7, 11) is 0. The van der Waals surface area contributed by atoms with Crippen LogP contribution in [0.5, 0.6) is 17.2 Å². The van der Waals surface area contributed by atoms with Crippen LogP contribution in [0.2, 0.25) is 0 Å². The minimum absolute atomic E-state index is 0.401. The fraction of sp³-hybridized carbons (Fsp3) is 0.0909. The number of benzene rings is 3. The summed E-state index contributed by atoms with van der Waals surface area (Å²) in [6, 6.07) is 22.9. The lowest BCUT2D eigenvalue weighted by atomic mass is 10.2. The van der Waals surface area contributed by atoms with Crippen LogP contribution in [0.3, 0.4) is 0 Å². The molecule has 0 saturated carbocycles. The van der Waals surface area contributed by atoms with Gasteiger partial charge in [0, 0.05) is 5.69 Å². The molecule has 0 bridgehead atoms. The number of ether oxygens (including phenoxy) is 2. The predicted octanol–water partition coefficient (Wildman–Crippen LogP) is 4.45. The maximum atomic E-state index is 12.3. The zero-order valence-electron chi connectivity index (χ0n) is 15.3. The summed E-state index contributed by atoms with van der Waals surface area (Å²) in [6.07, 6.45) is 0. The minimum Gasteiger partial charge on any atom is -0.494 e. The molecule has 28 heavy (non-hydrogen) atoms. The molecule has 0 radical (unpaired) electrons. The lowest BCUT2D eigenvalue weighted by molar-refractivity contribution is -0.133. The second kappa shape index (κ2) is 9.23. The van der Waals surface area contributed by atoms with Gasteiger partial charge in [-0.3, -0.25) is 9.59 Å². The van der Waals surface area contributed by atoms with Gasteiger partial charge in [0.15, 0.2) is 5.75 Å². The van der Waals surface area contributed by atoms with Gasteiger partial charge >= 0.3 is 11.8 Å². The Hall–Kier alpha value is -3.80. The van der Waals surface area contributed by atoms with E-state index in [1.807, 2.05) is 25.1 Å². The van der Waals surface area contributed by atoms with E-state index in [0.29, 0.717) is 35.2 Å². The van der Waals surface area contributed by atoms with Gasteiger partial charge in [-0.15, -0.1) is 0 Å². The third kappa shape index (κ3) is 5.11. The molecule has 6 heteroatoms. The Labute approximate surface area is 163 Å². The Balaban J connectivity index is 1.64. The Kier molecular flexibility index (Phi) is 6.25. The van der Waals surface area contributed by atoms with Gasteiger partial charge in [0.05, 0.1) is 12.3 Å². The van der Waals surface area contributed by atoms with E-state index in [1.165, 1.54) is 0 Å². The lowest BCUT2D eigenvalue weighted by Gasteiger charge is -2.12. The molecule has 142 valence electrons. The van der Waals surface area contributed by atoms with Crippen molar-refractivity contribution in [2.75, 3.05) is 17.2 Å². The van der Waals surface area contributed by atoms with Crippen molar-refractivity contribution in [1.29, 1.82) is 0 Å². The smallest absolute Gasteiger partial charge is 0.314 e. The molecular weight excluding hydrogens is 356 g/mol. The van der Waals surface area contributed by atoms with Gasteiger partial charge in [-0.05, 0) is 55.5 Å². The zero-order chi connectivity index (χ0) is 19.8. The lowest BCUT2D eigenvalue weighted by Crippen LogP contribution is -2.29. The summed E-state index contributed by atoms with van der Waals surface area (Å²) >= 11 is 0. The average molecular weight is 376 g/mol. The second-order valence-corrected chi connectivity index (χ2v) is 5.78. The van der Waals surface area contributed by atoms with E-state index >= 15 is 0 Å². The first kappa shape index (κ1) is 19.0. The van der Waals surface area contributed by atoms with Crippen molar-refractivity contribution < 1.29 is 19.1 Å². The number of anilines is 2. The quantitative estimate of drug-likeness (QED) is 0.623. The summed E-state index contributed by atoms with van der Waals surface area (Å²) < 4.78 is 11.1. The summed E-state index contributed by atoms with van der Waals surface area (Å²) in [5.74, 6) is 0.188. The van der Waals surface area contributed by atoms with E-state index in [9.17, 15) is 9.59 Å². The Bertz CT molecular complexity index is 940. The fourth-order valence-electron chi connectivity index (χ4n) is 2.44. The number of nitrogens with one attached hydrogen (secondary N) is 2. The topological polar surface area (TPSA) is 76.7 Å². The van der Waals surface area contributed by atoms with Gasteiger partial charge < -0.3 is 20.1 Å². The van der Waals surface area contributed by atoms with Crippen molar-refractivity contribution in [2.24, 2.45) is 0 Å². The molecule has 0 atom stereocenters. The molecule has 3 aromatic carbocycles. The summed E-state index contributed by atoms with van der Waals surface area (Å²) in [6.45, 7) is 2.44. The molecular formula is C22H20N2O4. The Morgan fingerprint density at radius 1 is 0.750 bits per heavy atom. The molecule has 3 rings (SSSR count). The van der Waals surface area contributed by atoms with Crippen LogP contribution in [0, 0.1) is 0 Å². The van der Waals surface area contributed by atoms with Gasteiger partial charge in [-0.2, -0.15) is 0 Å². The van der Waals surface area contributed by atoms with Crippen LogP contribution in [0.25, 0.3) is 0 Å². The highest BCUT2D eigenvalue weighted by atomic mass is 16.5. The van der Waals surface area contributed by atoms with Gasteiger partial charge in [-0.25, -0.2) is 0 Å². The monoisotopic (exact) mass is 376 g/mol. The number of amides is 2. The highest BCUT2D eigenvalue weighted by Crippen LogP contribution is 2.29. The van der Waals surface area contributed by atoms with Crippen molar-refractivity contribution >= 4 is 23.2 Å². The van der Waals surface area contributed by atoms with E-state index in [-0.39, 0.29) is 0 Å². The average Bonchev–Trinajstić information content (AvgIpc) is 2.72. The molecule has 0 aliphatic carbocycles. The van der Waals surface area contributed by atoms with E-state index in [4.69, 9.17) is 9.47 Å². The van der Waals surface area contributed by atoms with Crippen molar-refractivity contribution in [3.8, 4) is 17.2 Å². The highest BCUT2D eigenvalue weighted by molar-refractivity contribution is 6.43. The number of rotatable bonds is 6. The molecule has 2 N–H and O–H groups in total. The number of para-hydroxylation sites is 3. The van der Waals surface area contributed by atoms with Crippen LogP contribution in [0.15, 0.2) is 78.9 Å². The first-order chi connectivity index (χ1) is 13.7. The molecule has 0 fully saturated rings. The summed E-state index contributed by atoms with van der Waals surface area (Å²) in [5.41, 5.74) is 0.899. The zero-order valence-corrected chi connectivity index (χ0v) is 15.3. The third-order valence-electron chi connectivity index (χ3n) is 3.74. The molecule has 0 spiro atoms. The summed E-state index contributed by atoms with van der Waals surface area (Å²) in [4.78, 5) is 24.5. The summed E-state index contributed by atoms with van der Waals surface area (Å²) in [5, 5.41) is 5.13. The first-order valence-electron chi connectivity index (χ1n) is 8.83. The normalized spacial score (nSPS) is 10.0. The van der Waals surface area contributed by atoms with Crippen molar-refractivity contribution in [3.63, 3.8) is 0 Å². The molecule has 0 heterocycles. The standard InChI is InChI=1S/C22H20N2O4/c1-2-27-17-14-12-16(13-15-17)23-21(25)22(26)24-19-10-6-7-11-20(19)28-18-8-4-3-5-9-18/h3-15H,2H2,1H3,(H,23,25)(H,24,26). The molecule has 0 unspecified atom stereocenters. The largest absolute Gasteiger partial charge is 0.494 e. The van der Waals surface area contributed by atoms with E-state index < -0.39 is 11.8 Å². The third-order valence-corrected chi connectivity index (χ3v) is 3.74. The van der Waals surface area contributed by atoms with Gasteiger partial charge in [0.1, 0.15) is 11.5 Å². The van der Waals surface area contributed by atoms with Crippen LogP contribution >= 0.6 is 0 Å². The second-order valence-electron chi connectivity index (χ2n) is 5.78. The van der Waals surface area contributed by atoms with Gasteiger partial charge in [0.25, 0.3) is 0 Å². The molecule has 3 aromatic rings. The predicted molar refractivity (Wildman–Crippen MR) is 108 cm³/mol. The highest BCUT2D eigenvalue weighted by Gasteiger charge is 2.16.